The Labute approximate surface area is 107 Å². The zero-order chi connectivity index (χ0) is 12.1. The molecule has 0 bridgehead atoms. The lowest BCUT2D eigenvalue weighted by molar-refractivity contribution is 0.176. The fraction of sp³-hybridized carbons (Fsp3) is 0.615. The second kappa shape index (κ2) is 6.22. The van der Waals surface area contributed by atoms with Crippen molar-refractivity contribution in [2.75, 3.05) is 0 Å². The molecule has 1 saturated carbocycles. The lowest BCUT2D eigenvalue weighted by Crippen LogP contribution is -2.16. The summed E-state index contributed by atoms with van der Waals surface area (Å²) >= 11 is 6.20. The van der Waals surface area contributed by atoms with E-state index in [-0.39, 0.29) is 6.10 Å². The Morgan fingerprint density at radius 3 is 2.65 bits per heavy atom. The van der Waals surface area contributed by atoms with E-state index in [9.17, 15) is 0 Å². The molecule has 4 heteroatoms. The molecule has 1 aliphatic carbocycles. The smallest absolute Gasteiger partial charge is 0.233 e. The lowest BCUT2D eigenvalue weighted by Gasteiger charge is -2.17. The number of rotatable bonds is 3. The van der Waals surface area contributed by atoms with Crippen molar-refractivity contribution in [1.82, 2.24) is 4.98 Å². The van der Waals surface area contributed by atoms with E-state index >= 15 is 0 Å². The maximum atomic E-state index is 6.20. The largest absolute Gasteiger partial charge is 0.473 e. The van der Waals surface area contributed by atoms with Gasteiger partial charge in [-0.3, -0.25) is 0 Å². The van der Waals surface area contributed by atoms with E-state index < -0.39 is 0 Å². The Morgan fingerprint density at radius 2 is 2.00 bits per heavy atom. The minimum Gasteiger partial charge on any atom is -0.473 e. The summed E-state index contributed by atoms with van der Waals surface area (Å²) in [5.41, 5.74) is 6.50. The Bertz CT molecular complexity index is 362. The van der Waals surface area contributed by atoms with Crippen LogP contribution < -0.4 is 10.5 Å². The molecule has 1 aromatic heterocycles. The van der Waals surface area contributed by atoms with Crippen LogP contribution in [-0.4, -0.2) is 11.1 Å². The molecule has 2 rings (SSSR count). The van der Waals surface area contributed by atoms with E-state index in [2.05, 4.69) is 4.98 Å². The summed E-state index contributed by atoms with van der Waals surface area (Å²) in [5, 5.41) is 0.569. The van der Waals surface area contributed by atoms with Crippen molar-refractivity contribution in [2.24, 2.45) is 5.73 Å². The average Bonchev–Trinajstić information content (AvgIpc) is 2.60. The SMILES string of the molecule is NCc1ccnc(OC2CCCCCC2)c1Cl. The first-order valence-corrected chi connectivity index (χ1v) is 6.69. The van der Waals surface area contributed by atoms with Gasteiger partial charge in [0.05, 0.1) is 0 Å². The summed E-state index contributed by atoms with van der Waals surface area (Å²) in [4.78, 5) is 4.20. The second-order valence-corrected chi connectivity index (χ2v) is 4.90. The quantitative estimate of drug-likeness (QED) is 0.842. The summed E-state index contributed by atoms with van der Waals surface area (Å²) in [7, 11) is 0. The van der Waals surface area contributed by atoms with Crippen LogP contribution in [0, 0.1) is 0 Å². The van der Waals surface area contributed by atoms with Crippen molar-refractivity contribution in [3.8, 4) is 5.88 Å². The first kappa shape index (κ1) is 12.7. The van der Waals surface area contributed by atoms with Crippen LogP contribution in [0.2, 0.25) is 5.02 Å². The molecule has 0 spiro atoms. The van der Waals surface area contributed by atoms with Crippen molar-refractivity contribution in [2.45, 2.75) is 51.2 Å². The predicted octanol–water partition coefficient (Wildman–Crippen LogP) is 3.30. The molecule has 0 atom stereocenters. The van der Waals surface area contributed by atoms with E-state index in [1.165, 1.54) is 25.7 Å². The number of pyridine rings is 1. The minimum atomic E-state index is 0.260. The summed E-state index contributed by atoms with van der Waals surface area (Å²) in [6.07, 6.45) is 9.26. The zero-order valence-electron chi connectivity index (χ0n) is 9.99. The third kappa shape index (κ3) is 3.33. The number of nitrogens with two attached hydrogens (primary N) is 1. The highest BCUT2D eigenvalue weighted by Crippen LogP contribution is 2.29. The van der Waals surface area contributed by atoms with Gasteiger partial charge in [-0.15, -0.1) is 0 Å². The maximum Gasteiger partial charge on any atom is 0.233 e. The van der Waals surface area contributed by atoms with Crippen LogP contribution in [0.25, 0.3) is 0 Å². The predicted molar refractivity (Wildman–Crippen MR) is 69.3 cm³/mol. The van der Waals surface area contributed by atoms with Crippen molar-refractivity contribution in [3.05, 3.63) is 22.8 Å². The summed E-state index contributed by atoms with van der Waals surface area (Å²) in [6.45, 7) is 0.419. The zero-order valence-corrected chi connectivity index (χ0v) is 10.7. The standard InChI is InChI=1S/C13H19ClN2O/c14-12-10(9-15)7-8-16-13(12)17-11-5-3-1-2-4-6-11/h7-8,11H,1-6,9,15H2. The number of halogens is 1. The van der Waals surface area contributed by atoms with Gasteiger partial charge in [-0.05, 0) is 37.3 Å². The molecular formula is C13H19ClN2O. The van der Waals surface area contributed by atoms with Crippen LogP contribution in [0.3, 0.4) is 0 Å². The van der Waals surface area contributed by atoms with Crippen molar-refractivity contribution < 1.29 is 4.74 Å². The Morgan fingerprint density at radius 1 is 1.29 bits per heavy atom. The van der Waals surface area contributed by atoms with Crippen molar-refractivity contribution in [3.63, 3.8) is 0 Å². The number of aromatic nitrogens is 1. The molecule has 17 heavy (non-hydrogen) atoms. The minimum absolute atomic E-state index is 0.260. The lowest BCUT2D eigenvalue weighted by atomic mass is 10.1. The second-order valence-electron chi connectivity index (χ2n) is 4.52. The van der Waals surface area contributed by atoms with Gasteiger partial charge in [0.25, 0.3) is 0 Å². The molecule has 1 aromatic rings. The van der Waals surface area contributed by atoms with Gasteiger partial charge in [0.15, 0.2) is 0 Å². The first-order valence-electron chi connectivity index (χ1n) is 6.31. The number of hydrogen-bond acceptors (Lipinski definition) is 3. The van der Waals surface area contributed by atoms with E-state index in [1.807, 2.05) is 6.07 Å². The van der Waals surface area contributed by atoms with Gasteiger partial charge >= 0.3 is 0 Å². The number of hydrogen-bond donors (Lipinski definition) is 1. The van der Waals surface area contributed by atoms with E-state index in [0.29, 0.717) is 17.4 Å². The fourth-order valence-corrected chi connectivity index (χ4v) is 2.45. The topological polar surface area (TPSA) is 48.1 Å². The Balaban J connectivity index is 2.06. The molecule has 1 heterocycles. The van der Waals surface area contributed by atoms with E-state index in [1.54, 1.807) is 6.20 Å². The summed E-state index contributed by atoms with van der Waals surface area (Å²) < 4.78 is 5.91. The van der Waals surface area contributed by atoms with Crippen LogP contribution >= 0.6 is 11.6 Å². The van der Waals surface area contributed by atoms with Crippen LogP contribution in [0.15, 0.2) is 12.3 Å². The molecule has 1 aliphatic rings. The van der Waals surface area contributed by atoms with E-state index in [0.717, 1.165) is 18.4 Å². The molecule has 0 aliphatic heterocycles. The Kier molecular flexibility index (Phi) is 4.63. The molecule has 2 N–H and O–H groups in total. The normalized spacial score (nSPS) is 17.8. The van der Waals surface area contributed by atoms with Gasteiger partial charge in [0.1, 0.15) is 11.1 Å². The molecule has 0 radical (unpaired) electrons. The highest BCUT2D eigenvalue weighted by Gasteiger charge is 2.16. The van der Waals surface area contributed by atoms with Gasteiger partial charge < -0.3 is 10.5 Å². The molecule has 94 valence electrons. The third-order valence-corrected chi connectivity index (χ3v) is 3.64. The van der Waals surface area contributed by atoms with E-state index in [4.69, 9.17) is 22.1 Å². The maximum absolute atomic E-state index is 6.20. The molecular weight excluding hydrogens is 236 g/mol. The number of nitrogens with zero attached hydrogens (tertiary/aromatic N) is 1. The van der Waals surface area contributed by atoms with Crippen LogP contribution in [-0.2, 0) is 6.54 Å². The van der Waals surface area contributed by atoms with Crippen LogP contribution in [0.1, 0.15) is 44.1 Å². The molecule has 3 nitrogen and oxygen atoms in total. The Hall–Kier alpha value is -0.800. The molecule has 1 fully saturated rings. The monoisotopic (exact) mass is 254 g/mol. The number of ether oxygens (including phenoxy) is 1. The average molecular weight is 255 g/mol. The third-order valence-electron chi connectivity index (χ3n) is 3.24. The first-order chi connectivity index (χ1) is 8.31. The summed E-state index contributed by atoms with van der Waals surface area (Å²) in [5.74, 6) is 0.543. The van der Waals surface area contributed by atoms with Gasteiger partial charge in [0.2, 0.25) is 5.88 Å². The summed E-state index contributed by atoms with van der Waals surface area (Å²) in [6, 6.07) is 1.84. The molecule has 0 unspecified atom stereocenters. The van der Waals surface area contributed by atoms with Gasteiger partial charge in [-0.1, -0.05) is 24.4 Å². The van der Waals surface area contributed by atoms with Crippen molar-refractivity contribution in [1.29, 1.82) is 0 Å². The highest BCUT2D eigenvalue weighted by molar-refractivity contribution is 6.32. The molecule has 0 amide bonds. The van der Waals surface area contributed by atoms with Gasteiger partial charge in [-0.2, -0.15) is 0 Å². The van der Waals surface area contributed by atoms with Crippen molar-refractivity contribution >= 4 is 11.6 Å². The molecule has 0 saturated heterocycles. The fourth-order valence-electron chi connectivity index (χ4n) is 2.22. The highest BCUT2D eigenvalue weighted by atomic mass is 35.5. The van der Waals surface area contributed by atoms with Gasteiger partial charge in [-0.25, -0.2) is 4.98 Å². The van der Waals surface area contributed by atoms with Gasteiger partial charge in [0, 0.05) is 12.7 Å². The van der Waals surface area contributed by atoms with Crippen LogP contribution in [0.5, 0.6) is 5.88 Å². The molecule has 0 aromatic carbocycles. The van der Waals surface area contributed by atoms with Crippen LogP contribution in [0.4, 0.5) is 0 Å².